The first kappa shape index (κ1) is 16.4. The van der Waals surface area contributed by atoms with Crippen molar-refractivity contribution in [2.24, 2.45) is 0 Å². The highest BCUT2D eigenvalue weighted by molar-refractivity contribution is 6.06. The van der Waals surface area contributed by atoms with Crippen molar-refractivity contribution in [3.8, 4) is 0 Å². The summed E-state index contributed by atoms with van der Waals surface area (Å²) in [5.74, 6) is 0.355. The van der Waals surface area contributed by atoms with Gasteiger partial charge in [-0.25, -0.2) is 0 Å². The number of para-hydroxylation sites is 1. The van der Waals surface area contributed by atoms with E-state index in [0.717, 1.165) is 16.6 Å². The van der Waals surface area contributed by atoms with Gasteiger partial charge >= 0.3 is 0 Å². The molecule has 1 aliphatic rings. The van der Waals surface area contributed by atoms with Gasteiger partial charge in [0.05, 0.1) is 11.1 Å². The lowest BCUT2D eigenvalue weighted by molar-refractivity contribution is -0.130. The van der Waals surface area contributed by atoms with Crippen molar-refractivity contribution in [2.75, 3.05) is 26.2 Å². The van der Waals surface area contributed by atoms with Crippen LogP contribution in [0.2, 0.25) is 0 Å². The Morgan fingerprint density at radius 3 is 2.29 bits per heavy atom. The van der Waals surface area contributed by atoms with Crippen molar-refractivity contribution in [3.63, 3.8) is 0 Å². The monoisotopic (exact) mass is 325 g/mol. The molecule has 1 fully saturated rings. The summed E-state index contributed by atoms with van der Waals surface area (Å²) in [7, 11) is 0. The maximum Gasteiger partial charge on any atom is 0.254 e. The van der Waals surface area contributed by atoms with E-state index in [2.05, 4.69) is 18.8 Å². The lowest BCUT2D eigenvalue weighted by Gasteiger charge is -2.34. The summed E-state index contributed by atoms with van der Waals surface area (Å²) in [6.07, 6.45) is 0. The van der Waals surface area contributed by atoms with Gasteiger partial charge in [0.25, 0.3) is 5.91 Å². The van der Waals surface area contributed by atoms with Crippen LogP contribution in [-0.4, -0.2) is 52.8 Å². The number of benzene rings is 1. The number of hydrogen-bond acceptors (Lipinski definition) is 3. The third-order valence-electron chi connectivity index (χ3n) is 4.57. The Morgan fingerprint density at radius 1 is 1.04 bits per heavy atom. The van der Waals surface area contributed by atoms with Crippen LogP contribution in [0.5, 0.6) is 0 Å². The fourth-order valence-corrected chi connectivity index (χ4v) is 3.06. The number of carbonyl (C=O) groups excluding carboxylic acids is 2. The highest BCUT2D eigenvalue weighted by atomic mass is 16.2. The number of amides is 2. The van der Waals surface area contributed by atoms with Gasteiger partial charge in [0, 0.05) is 44.2 Å². The highest BCUT2D eigenvalue weighted by Crippen LogP contribution is 2.24. The first-order chi connectivity index (χ1) is 11.5. The van der Waals surface area contributed by atoms with E-state index in [4.69, 9.17) is 0 Å². The van der Waals surface area contributed by atoms with E-state index >= 15 is 0 Å². The maximum atomic E-state index is 13.1. The van der Waals surface area contributed by atoms with Crippen LogP contribution >= 0.6 is 0 Å². The van der Waals surface area contributed by atoms with Crippen molar-refractivity contribution >= 4 is 22.7 Å². The van der Waals surface area contributed by atoms with Crippen molar-refractivity contribution in [2.45, 2.75) is 26.7 Å². The molecule has 2 amide bonds. The first-order valence-electron chi connectivity index (χ1n) is 8.42. The molecule has 3 rings (SSSR count). The average Bonchev–Trinajstić information content (AvgIpc) is 2.60. The fraction of sp³-hybridized carbons (Fsp3) is 0.421. The van der Waals surface area contributed by atoms with Crippen molar-refractivity contribution in [1.82, 2.24) is 14.8 Å². The third-order valence-corrected chi connectivity index (χ3v) is 4.57. The van der Waals surface area contributed by atoms with Crippen LogP contribution in [-0.2, 0) is 4.79 Å². The van der Waals surface area contributed by atoms with E-state index in [0.29, 0.717) is 31.7 Å². The highest BCUT2D eigenvalue weighted by Gasteiger charge is 2.25. The Hall–Kier alpha value is -2.43. The Kier molecular flexibility index (Phi) is 4.51. The van der Waals surface area contributed by atoms with Crippen LogP contribution in [0.15, 0.2) is 30.3 Å². The van der Waals surface area contributed by atoms with Crippen LogP contribution in [0, 0.1) is 0 Å². The molecule has 1 saturated heterocycles. The molecule has 24 heavy (non-hydrogen) atoms. The number of carbonyl (C=O) groups is 2. The number of piperazine rings is 1. The topological polar surface area (TPSA) is 53.5 Å². The van der Waals surface area contributed by atoms with Crippen LogP contribution in [0.4, 0.5) is 0 Å². The second-order valence-corrected chi connectivity index (χ2v) is 6.56. The zero-order valence-corrected chi connectivity index (χ0v) is 14.5. The van der Waals surface area contributed by atoms with Gasteiger partial charge in [0.15, 0.2) is 0 Å². The first-order valence-corrected chi connectivity index (χ1v) is 8.42. The van der Waals surface area contributed by atoms with Gasteiger partial charge in [-0.1, -0.05) is 32.0 Å². The minimum Gasteiger partial charge on any atom is -0.339 e. The second kappa shape index (κ2) is 6.59. The summed E-state index contributed by atoms with van der Waals surface area (Å²) >= 11 is 0. The molecular weight excluding hydrogens is 302 g/mol. The molecule has 2 aromatic rings. The van der Waals surface area contributed by atoms with Crippen LogP contribution in [0.25, 0.3) is 10.9 Å². The molecule has 5 nitrogen and oxygen atoms in total. The lowest BCUT2D eigenvalue weighted by atomic mass is 10.0. The van der Waals surface area contributed by atoms with E-state index in [1.54, 1.807) is 11.8 Å². The Labute approximate surface area is 142 Å². The summed E-state index contributed by atoms with van der Waals surface area (Å²) in [5.41, 5.74) is 2.49. The number of nitrogens with zero attached hydrogens (tertiary/aromatic N) is 3. The van der Waals surface area contributed by atoms with Crippen molar-refractivity contribution in [3.05, 3.63) is 41.6 Å². The molecule has 1 aliphatic heterocycles. The van der Waals surface area contributed by atoms with Crippen molar-refractivity contribution in [1.29, 1.82) is 0 Å². The number of pyridine rings is 1. The molecule has 0 aliphatic carbocycles. The van der Waals surface area contributed by atoms with E-state index in [-0.39, 0.29) is 17.7 Å². The smallest absolute Gasteiger partial charge is 0.254 e. The minimum absolute atomic E-state index is 0.0266. The van der Waals surface area contributed by atoms with Gasteiger partial charge in [-0.05, 0) is 18.1 Å². The number of aromatic nitrogens is 1. The molecule has 1 aromatic carbocycles. The molecule has 0 saturated carbocycles. The summed E-state index contributed by atoms with van der Waals surface area (Å²) in [6.45, 7) is 8.08. The normalized spacial score (nSPS) is 15.2. The maximum absolute atomic E-state index is 13.1. The predicted molar refractivity (Wildman–Crippen MR) is 94.0 cm³/mol. The average molecular weight is 325 g/mol. The van der Waals surface area contributed by atoms with Gasteiger partial charge in [-0.2, -0.15) is 0 Å². The van der Waals surface area contributed by atoms with Gasteiger partial charge in [-0.3, -0.25) is 14.6 Å². The van der Waals surface area contributed by atoms with Crippen molar-refractivity contribution < 1.29 is 9.59 Å². The zero-order valence-electron chi connectivity index (χ0n) is 14.5. The Morgan fingerprint density at radius 2 is 1.67 bits per heavy atom. The number of hydrogen-bond donors (Lipinski definition) is 0. The predicted octanol–water partition coefficient (Wildman–Crippen LogP) is 2.66. The minimum atomic E-state index is 0.0266. The molecule has 126 valence electrons. The van der Waals surface area contributed by atoms with Gasteiger partial charge < -0.3 is 9.80 Å². The molecule has 2 heterocycles. The van der Waals surface area contributed by atoms with E-state index < -0.39 is 0 Å². The third kappa shape index (κ3) is 3.11. The largest absolute Gasteiger partial charge is 0.339 e. The molecule has 0 N–H and O–H groups in total. The molecule has 5 heteroatoms. The SMILES string of the molecule is CC(=O)N1CCN(C(=O)c2cc(C(C)C)nc3ccccc23)CC1. The molecular formula is C19H23N3O2. The summed E-state index contributed by atoms with van der Waals surface area (Å²) in [6, 6.07) is 9.70. The lowest BCUT2D eigenvalue weighted by Crippen LogP contribution is -2.50. The van der Waals surface area contributed by atoms with Gasteiger partial charge in [0.2, 0.25) is 5.91 Å². The standard InChI is InChI=1S/C19H23N3O2/c1-13(2)18-12-16(15-6-4-5-7-17(15)20-18)19(24)22-10-8-21(9-11-22)14(3)23/h4-7,12-13H,8-11H2,1-3H3. The quantitative estimate of drug-likeness (QED) is 0.853. The zero-order chi connectivity index (χ0) is 17.3. The Bertz CT molecular complexity index is 777. The second-order valence-electron chi connectivity index (χ2n) is 6.56. The van der Waals surface area contributed by atoms with Gasteiger partial charge in [0.1, 0.15) is 0 Å². The molecule has 0 radical (unpaired) electrons. The van der Waals surface area contributed by atoms with E-state index in [1.807, 2.05) is 35.2 Å². The summed E-state index contributed by atoms with van der Waals surface area (Å²) in [5, 5.41) is 0.890. The van der Waals surface area contributed by atoms with Crippen LogP contribution < -0.4 is 0 Å². The van der Waals surface area contributed by atoms with E-state index in [1.165, 1.54) is 0 Å². The molecule has 0 unspecified atom stereocenters. The molecule has 0 bridgehead atoms. The summed E-state index contributed by atoms with van der Waals surface area (Å²) < 4.78 is 0. The number of rotatable bonds is 2. The van der Waals surface area contributed by atoms with Crippen LogP contribution in [0.3, 0.4) is 0 Å². The van der Waals surface area contributed by atoms with E-state index in [9.17, 15) is 9.59 Å². The molecule has 0 atom stereocenters. The summed E-state index contributed by atoms with van der Waals surface area (Å²) in [4.78, 5) is 32.8. The van der Waals surface area contributed by atoms with Crippen LogP contribution in [0.1, 0.15) is 42.7 Å². The molecule has 1 aromatic heterocycles. The Balaban J connectivity index is 1.93. The number of fused-ring (bicyclic) bond motifs is 1. The molecule has 0 spiro atoms. The van der Waals surface area contributed by atoms with Gasteiger partial charge in [-0.15, -0.1) is 0 Å². The fourth-order valence-electron chi connectivity index (χ4n) is 3.06.